The maximum atomic E-state index is 2.47. The predicted molar refractivity (Wildman–Crippen MR) is 220 cm³/mol. The molecule has 0 saturated carbocycles. The largest absolute Gasteiger partial charge is 0.313 e. The summed E-state index contributed by atoms with van der Waals surface area (Å²) in [6, 6.07) is 51.6. The smallest absolute Gasteiger partial charge is 0.0538 e. The second-order valence-electron chi connectivity index (χ2n) is 14.5. The van der Waals surface area contributed by atoms with Crippen LogP contribution in [0, 0.1) is 13.8 Å². The number of aryl methyl sites for hydroxylation is 2. The minimum absolute atomic E-state index is 1.01. The molecule has 250 valence electrons. The average molecular weight is 669 g/mol. The molecule has 2 heteroatoms. The number of rotatable bonds is 5. The summed E-state index contributed by atoms with van der Waals surface area (Å²) in [6.07, 6.45) is 11.3. The fraction of sp³-hybridized carbons (Fsp3) is 0.120. The molecule has 2 nitrogen and oxygen atoms in total. The van der Waals surface area contributed by atoms with Gasteiger partial charge >= 0.3 is 0 Å². The third kappa shape index (κ3) is 4.93. The fourth-order valence-electron chi connectivity index (χ4n) is 8.80. The third-order valence-corrected chi connectivity index (χ3v) is 11.4. The monoisotopic (exact) mass is 668 g/mol. The van der Waals surface area contributed by atoms with E-state index in [1.54, 1.807) is 0 Å². The zero-order valence-corrected chi connectivity index (χ0v) is 29.7. The molecule has 0 radical (unpaired) electrons. The summed E-state index contributed by atoms with van der Waals surface area (Å²) < 4.78 is 4.93. The van der Waals surface area contributed by atoms with Crippen LogP contribution in [0.5, 0.6) is 0 Å². The predicted octanol–water partition coefficient (Wildman–Crippen LogP) is 13.0. The first-order valence-electron chi connectivity index (χ1n) is 18.6. The molecule has 0 aliphatic heterocycles. The zero-order chi connectivity index (χ0) is 34.8. The highest BCUT2D eigenvalue weighted by Gasteiger charge is 2.23. The van der Waals surface area contributed by atoms with Gasteiger partial charge in [0.05, 0.1) is 11.0 Å². The number of benzene rings is 6. The molecule has 2 aliphatic carbocycles. The molecular weight excluding hydrogens is 629 g/mol. The quantitative estimate of drug-likeness (QED) is 0.173. The van der Waals surface area contributed by atoms with Gasteiger partial charge in [-0.15, -0.1) is 0 Å². The SMILES string of the molecule is Cc1ccc(C2=Cc3c(n(-c4ccccc4)c4ccccc34)CC2)cc1-c1cc(-c2ccc3c(c2)c2c(n3-c3ccccc3)CCC=C2)ccc1C. The Morgan fingerprint density at radius 2 is 1.04 bits per heavy atom. The highest BCUT2D eigenvalue weighted by Crippen LogP contribution is 2.41. The van der Waals surface area contributed by atoms with Crippen molar-refractivity contribution in [3.8, 4) is 33.6 Å². The summed E-state index contributed by atoms with van der Waals surface area (Å²) in [5.41, 5.74) is 21.0. The van der Waals surface area contributed by atoms with E-state index in [1.165, 1.54) is 100 Å². The molecule has 0 bridgehead atoms. The summed E-state index contributed by atoms with van der Waals surface area (Å²) in [4.78, 5) is 0. The van der Waals surface area contributed by atoms with Crippen molar-refractivity contribution in [1.29, 1.82) is 0 Å². The van der Waals surface area contributed by atoms with Crippen LogP contribution in [0.4, 0.5) is 0 Å². The van der Waals surface area contributed by atoms with Gasteiger partial charge in [0.1, 0.15) is 0 Å². The molecule has 0 saturated heterocycles. The van der Waals surface area contributed by atoms with Crippen molar-refractivity contribution >= 4 is 39.5 Å². The molecule has 0 unspecified atom stereocenters. The second-order valence-corrected chi connectivity index (χ2v) is 14.5. The maximum absolute atomic E-state index is 2.47. The van der Waals surface area contributed by atoms with Gasteiger partial charge in [0, 0.05) is 44.7 Å². The Bertz CT molecular complexity index is 2730. The molecule has 6 aromatic carbocycles. The van der Waals surface area contributed by atoms with Crippen LogP contribution in [0.15, 0.2) is 146 Å². The number of allylic oxidation sites excluding steroid dienone is 2. The van der Waals surface area contributed by atoms with Crippen LogP contribution in [0.25, 0.3) is 73.2 Å². The first kappa shape index (κ1) is 30.7. The van der Waals surface area contributed by atoms with Crippen LogP contribution < -0.4 is 0 Å². The van der Waals surface area contributed by atoms with Crippen molar-refractivity contribution in [3.63, 3.8) is 0 Å². The van der Waals surface area contributed by atoms with Crippen LogP contribution in [0.1, 0.15) is 52.0 Å². The Morgan fingerprint density at radius 3 is 1.77 bits per heavy atom. The van der Waals surface area contributed by atoms with Crippen molar-refractivity contribution in [1.82, 2.24) is 9.13 Å². The lowest BCUT2D eigenvalue weighted by Gasteiger charge is -2.19. The zero-order valence-electron chi connectivity index (χ0n) is 29.7. The van der Waals surface area contributed by atoms with Gasteiger partial charge in [-0.2, -0.15) is 0 Å². The van der Waals surface area contributed by atoms with E-state index in [0.717, 1.165) is 25.7 Å². The summed E-state index contributed by atoms with van der Waals surface area (Å²) in [7, 11) is 0. The Morgan fingerprint density at radius 1 is 0.462 bits per heavy atom. The lowest BCUT2D eigenvalue weighted by atomic mass is 9.87. The highest BCUT2D eigenvalue weighted by molar-refractivity contribution is 6.00. The third-order valence-electron chi connectivity index (χ3n) is 11.4. The summed E-state index contributed by atoms with van der Waals surface area (Å²) in [5.74, 6) is 0. The van der Waals surface area contributed by atoms with E-state index in [9.17, 15) is 0 Å². The summed E-state index contributed by atoms with van der Waals surface area (Å²) >= 11 is 0. The van der Waals surface area contributed by atoms with Crippen LogP contribution in [-0.4, -0.2) is 9.13 Å². The number of hydrogen-bond acceptors (Lipinski definition) is 0. The lowest BCUT2D eigenvalue weighted by Crippen LogP contribution is -2.05. The van der Waals surface area contributed by atoms with Crippen LogP contribution >= 0.6 is 0 Å². The Kier molecular flexibility index (Phi) is 7.25. The van der Waals surface area contributed by atoms with E-state index in [1.807, 2.05) is 0 Å². The number of fused-ring (bicyclic) bond motifs is 6. The first-order valence-corrected chi connectivity index (χ1v) is 18.6. The second kappa shape index (κ2) is 12.3. The van der Waals surface area contributed by atoms with E-state index < -0.39 is 0 Å². The van der Waals surface area contributed by atoms with E-state index in [2.05, 4.69) is 181 Å². The molecule has 10 rings (SSSR count). The van der Waals surface area contributed by atoms with Gasteiger partial charge in [-0.3, -0.25) is 0 Å². The molecule has 2 aliphatic rings. The Balaban J connectivity index is 1.06. The van der Waals surface area contributed by atoms with Crippen molar-refractivity contribution < 1.29 is 0 Å². The molecule has 0 N–H and O–H groups in total. The van der Waals surface area contributed by atoms with Gasteiger partial charge in [0.2, 0.25) is 0 Å². The molecule has 52 heavy (non-hydrogen) atoms. The topological polar surface area (TPSA) is 9.86 Å². The van der Waals surface area contributed by atoms with Gasteiger partial charge in [-0.05, 0) is 145 Å². The minimum atomic E-state index is 1.01. The molecule has 0 atom stereocenters. The highest BCUT2D eigenvalue weighted by atomic mass is 15.0. The molecular formula is C50H40N2. The van der Waals surface area contributed by atoms with Gasteiger partial charge in [-0.25, -0.2) is 0 Å². The van der Waals surface area contributed by atoms with E-state index in [4.69, 9.17) is 0 Å². The fourth-order valence-corrected chi connectivity index (χ4v) is 8.80. The van der Waals surface area contributed by atoms with Crippen molar-refractivity contribution in [2.45, 2.75) is 39.5 Å². The van der Waals surface area contributed by atoms with Crippen molar-refractivity contribution in [2.24, 2.45) is 0 Å². The summed E-state index contributed by atoms with van der Waals surface area (Å²) in [6.45, 7) is 4.50. The van der Waals surface area contributed by atoms with E-state index in [0.29, 0.717) is 0 Å². The standard InChI is InChI=1S/C50H40N2/c1-33-21-23-35(37-25-27-49-45(31-37)41-17-9-11-19-47(41)51(49)39-13-5-3-6-14-39)29-43(33)44-30-36(24-22-34(44)2)38-26-28-50-46(32-38)42-18-10-12-20-48(42)52(50)40-15-7-4-8-16-40/h3-11,13-19,21-24,26,28-32H,12,20,25,27H2,1-2H3. The summed E-state index contributed by atoms with van der Waals surface area (Å²) in [5, 5.41) is 2.65. The van der Waals surface area contributed by atoms with Gasteiger partial charge in [0.15, 0.2) is 0 Å². The van der Waals surface area contributed by atoms with Gasteiger partial charge < -0.3 is 9.13 Å². The van der Waals surface area contributed by atoms with Crippen LogP contribution in [0.3, 0.4) is 0 Å². The number of aromatic nitrogens is 2. The van der Waals surface area contributed by atoms with Gasteiger partial charge in [0.25, 0.3) is 0 Å². The molecule has 0 amide bonds. The Labute approximate surface area is 305 Å². The van der Waals surface area contributed by atoms with E-state index in [-0.39, 0.29) is 0 Å². The van der Waals surface area contributed by atoms with E-state index >= 15 is 0 Å². The first-order chi connectivity index (χ1) is 25.6. The van der Waals surface area contributed by atoms with Crippen LogP contribution in [0.2, 0.25) is 0 Å². The number of hydrogen-bond donors (Lipinski definition) is 0. The molecule has 2 aromatic heterocycles. The molecule has 2 heterocycles. The molecule has 0 spiro atoms. The Hall–Kier alpha value is -6.12. The number of para-hydroxylation sites is 3. The maximum Gasteiger partial charge on any atom is 0.0538 e. The van der Waals surface area contributed by atoms with Crippen LogP contribution in [-0.2, 0) is 12.8 Å². The van der Waals surface area contributed by atoms with Crippen molar-refractivity contribution in [3.05, 3.63) is 185 Å². The normalized spacial score (nSPS) is 13.7. The molecule has 0 fully saturated rings. The lowest BCUT2D eigenvalue weighted by molar-refractivity contribution is 0.888. The minimum Gasteiger partial charge on any atom is -0.313 e. The number of nitrogens with zero attached hydrogens (tertiary/aromatic N) is 2. The average Bonchev–Trinajstić information content (AvgIpc) is 3.71. The van der Waals surface area contributed by atoms with Gasteiger partial charge in [-0.1, -0.05) is 97.1 Å². The molecule has 8 aromatic rings. The van der Waals surface area contributed by atoms with Crippen molar-refractivity contribution in [2.75, 3.05) is 0 Å².